The lowest BCUT2D eigenvalue weighted by atomic mass is 10.1. The van der Waals surface area contributed by atoms with Crippen LogP contribution in [0.2, 0.25) is 0 Å². The highest BCUT2D eigenvalue weighted by Crippen LogP contribution is 2.22. The maximum atomic E-state index is 12.3. The predicted molar refractivity (Wildman–Crippen MR) is 87.0 cm³/mol. The van der Waals surface area contributed by atoms with E-state index in [1.165, 1.54) is 12.1 Å². The van der Waals surface area contributed by atoms with Gasteiger partial charge in [0.05, 0.1) is 16.8 Å². The zero-order chi connectivity index (χ0) is 15.5. The van der Waals surface area contributed by atoms with Gasteiger partial charge in [0, 0.05) is 4.47 Å². The maximum absolute atomic E-state index is 12.3. The summed E-state index contributed by atoms with van der Waals surface area (Å²) in [6.07, 6.45) is -0.113. The number of halogens is 1. The molecule has 1 unspecified atom stereocenters. The summed E-state index contributed by atoms with van der Waals surface area (Å²) in [4.78, 5) is 0.218. The van der Waals surface area contributed by atoms with Crippen molar-refractivity contribution in [2.24, 2.45) is 0 Å². The van der Waals surface area contributed by atoms with E-state index in [9.17, 15) is 13.5 Å². The molecule has 0 aliphatic rings. The molecule has 0 aliphatic heterocycles. The number of benzene rings is 2. The van der Waals surface area contributed by atoms with Crippen LogP contribution in [0.3, 0.4) is 0 Å². The minimum absolute atomic E-state index is 0.218. The maximum Gasteiger partial charge on any atom is 0.181 e. The Hall–Kier alpha value is -1.17. The summed E-state index contributed by atoms with van der Waals surface area (Å²) in [6, 6.07) is 13.8. The van der Waals surface area contributed by atoms with Crippen molar-refractivity contribution >= 4 is 25.8 Å². The van der Waals surface area contributed by atoms with E-state index in [1.54, 1.807) is 24.3 Å². The molecule has 1 atom stereocenters. The third-order valence-electron chi connectivity index (χ3n) is 3.32. The molecule has 112 valence electrons. The molecule has 0 aromatic heterocycles. The lowest BCUT2D eigenvalue weighted by Gasteiger charge is -2.12. The number of rotatable bonds is 5. The molecule has 0 spiro atoms. The van der Waals surface area contributed by atoms with E-state index in [2.05, 4.69) is 15.9 Å². The Labute approximate surface area is 133 Å². The molecular weight excluding hydrogens is 352 g/mol. The second-order valence-electron chi connectivity index (χ2n) is 4.85. The van der Waals surface area contributed by atoms with Crippen molar-refractivity contribution in [3.8, 4) is 0 Å². The molecule has 2 aromatic carbocycles. The van der Waals surface area contributed by atoms with E-state index in [4.69, 9.17) is 0 Å². The fraction of sp³-hybridized carbons (Fsp3) is 0.250. The molecule has 5 heteroatoms. The quantitative estimate of drug-likeness (QED) is 0.878. The lowest BCUT2D eigenvalue weighted by molar-refractivity contribution is 0.201. The Morgan fingerprint density at radius 2 is 1.62 bits per heavy atom. The molecule has 1 N–H and O–H groups in total. The van der Waals surface area contributed by atoms with Crippen LogP contribution >= 0.6 is 15.9 Å². The Kier molecular flexibility index (Phi) is 5.19. The molecule has 0 radical (unpaired) electrons. The highest BCUT2D eigenvalue weighted by Gasteiger charge is 2.20. The Balaban J connectivity index is 2.17. The van der Waals surface area contributed by atoms with Crippen LogP contribution < -0.4 is 0 Å². The average Bonchev–Trinajstić information content (AvgIpc) is 2.47. The monoisotopic (exact) mass is 368 g/mol. The summed E-state index contributed by atoms with van der Waals surface area (Å²) >= 11 is 3.27. The SMILES string of the molecule is CCc1ccc(C(O)CS(=O)(=O)c2ccc(Br)cc2)cc1. The highest BCUT2D eigenvalue weighted by atomic mass is 79.9. The average molecular weight is 369 g/mol. The third kappa shape index (κ3) is 4.15. The lowest BCUT2D eigenvalue weighted by Crippen LogP contribution is -2.14. The van der Waals surface area contributed by atoms with E-state index in [0.29, 0.717) is 5.56 Å². The molecule has 0 aliphatic carbocycles. The summed E-state index contributed by atoms with van der Waals surface area (Å²) < 4.78 is 25.4. The van der Waals surface area contributed by atoms with Crippen molar-refractivity contribution in [3.05, 3.63) is 64.1 Å². The topological polar surface area (TPSA) is 54.4 Å². The first-order chi connectivity index (χ1) is 9.92. The molecule has 0 heterocycles. The third-order valence-corrected chi connectivity index (χ3v) is 5.60. The highest BCUT2D eigenvalue weighted by molar-refractivity contribution is 9.10. The Morgan fingerprint density at radius 3 is 2.14 bits per heavy atom. The van der Waals surface area contributed by atoms with Gasteiger partial charge in [-0.2, -0.15) is 0 Å². The van der Waals surface area contributed by atoms with Gasteiger partial charge in [-0.25, -0.2) is 8.42 Å². The molecule has 0 fully saturated rings. The first-order valence-corrected chi connectivity index (χ1v) is 9.12. The standard InChI is InChI=1S/C16H17BrO3S/c1-2-12-3-5-13(6-4-12)16(18)11-21(19,20)15-9-7-14(17)8-10-15/h3-10,16,18H,2,11H2,1H3. The molecule has 0 bridgehead atoms. The van der Waals surface area contributed by atoms with Crippen molar-refractivity contribution in [1.29, 1.82) is 0 Å². The van der Waals surface area contributed by atoms with Crippen LogP contribution in [0.25, 0.3) is 0 Å². The van der Waals surface area contributed by atoms with Gasteiger partial charge < -0.3 is 5.11 Å². The van der Waals surface area contributed by atoms with Crippen LogP contribution in [0.15, 0.2) is 57.9 Å². The van der Waals surface area contributed by atoms with Crippen molar-refractivity contribution < 1.29 is 13.5 Å². The molecule has 0 saturated carbocycles. The van der Waals surface area contributed by atoms with Crippen molar-refractivity contribution in [2.45, 2.75) is 24.3 Å². The van der Waals surface area contributed by atoms with Gasteiger partial charge in [0.15, 0.2) is 9.84 Å². The number of aryl methyl sites for hydroxylation is 1. The number of hydrogen-bond donors (Lipinski definition) is 1. The van der Waals surface area contributed by atoms with Gasteiger partial charge in [0.2, 0.25) is 0 Å². The molecule has 21 heavy (non-hydrogen) atoms. The van der Waals surface area contributed by atoms with Gasteiger partial charge in [0.25, 0.3) is 0 Å². The van der Waals surface area contributed by atoms with Crippen LogP contribution in [0.5, 0.6) is 0 Å². The number of hydrogen-bond acceptors (Lipinski definition) is 3. The Morgan fingerprint density at radius 1 is 1.05 bits per heavy atom. The zero-order valence-corrected chi connectivity index (χ0v) is 14.1. The van der Waals surface area contributed by atoms with E-state index in [0.717, 1.165) is 16.5 Å². The molecule has 2 aromatic rings. The minimum Gasteiger partial charge on any atom is -0.387 e. The van der Waals surface area contributed by atoms with Gasteiger partial charge in [-0.05, 0) is 41.8 Å². The van der Waals surface area contributed by atoms with Gasteiger partial charge in [-0.15, -0.1) is 0 Å². The van der Waals surface area contributed by atoms with Crippen LogP contribution in [-0.2, 0) is 16.3 Å². The smallest absolute Gasteiger partial charge is 0.181 e. The van der Waals surface area contributed by atoms with Crippen molar-refractivity contribution in [2.75, 3.05) is 5.75 Å². The van der Waals surface area contributed by atoms with Crippen LogP contribution in [0.4, 0.5) is 0 Å². The molecule has 0 saturated heterocycles. The van der Waals surface area contributed by atoms with Crippen LogP contribution in [0.1, 0.15) is 24.2 Å². The fourth-order valence-corrected chi connectivity index (χ4v) is 3.63. The summed E-state index contributed by atoms with van der Waals surface area (Å²) in [5.41, 5.74) is 1.77. The summed E-state index contributed by atoms with van der Waals surface area (Å²) in [6.45, 7) is 2.05. The minimum atomic E-state index is -3.51. The fourth-order valence-electron chi connectivity index (χ4n) is 2.02. The second-order valence-corrected chi connectivity index (χ2v) is 7.80. The van der Waals surface area contributed by atoms with Crippen molar-refractivity contribution in [1.82, 2.24) is 0 Å². The van der Waals surface area contributed by atoms with Gasteiger partial charge in [0.1, 0.15) is 0 Å². The van der Waals surface area contributed by atoms with Gasteiger partial charge in [-0.3, -0.25) is 0 Å². The van der Waals surface area contributed by atoms with Gasteiger partial charge >= 0.3 is 0 Å². The van der Waals surface area contributed by atoms with Crippen LogP contribution in [-0.4, -0.2) is 19.3 Å². The van der Waals surface area contributed by atoms with E-state index >= 15 is 0 Å². The van der Waals surface area contributed by atoms with Crippen LogP contribution in [0, 0.1) is 0 Å². The predicted octanol–water partition coefficient (Wildman–Crippen LogP) is 3.52. The van der Waals surface area contributed by atoms with Crippen molar-refractivity contribution in [3.63, 3.8) is 0 Å². The van der Waals surface area contributed by atoms with E-state index < -0.39 is 15.9 Å². The first kappa shape index (κ1) is 16.2. The summed E-state index contributed by atoms with van der Waals surface area (Å²) in [5, 5.41) is 10.1. The molecular formula is C16H17BrO3S. The summed E-state index contributed by atoms with van der Waals surface area (Å²) in [5.74, 6) is -0.319. The van der Waals surface area contributed by atoms with E-state index in [1.807, 2.05) is 19.1 Å². The molecule has 2 rings (SSSR count). The number of aliphatic hydroxyl groups excluding tert-OH is 1. The first-order valence-electron chi connectivity index (χ1n) is 6.67. The Bertz CT molecular complexity index is 691. The molecule has 3 nitrogen and oxygen atoms in total. The normalized spacial score (nSPS) is 13.1. The summed E-state index contributed by atoms with van der Waals surface area (Å²) in [7, 11) is -3.51. The largest absolute Gasteiger partial charge is 0.387 e. The van der Waals surface area contributed by atoms with Gasteiger partial charge in [-0.1, -0.05) is 47.1 Å². The number of aliphatic hydroxyl groups is 1. The van der Waals surface area contributed by atoms with E-state index in [-0.39, 0.29) is 10.6 Å². The number of sulfone groups is 1. The zero-order valence-electron chi connectivity index (χ0n) is 11.7. The molecule has 0 amide bonds. The second kappa shape index (κ2) is 6.73.